The zero-order valence-electron chi connectivity index (χ0n) is 10.5. The van der Waals surface area contributed by atoms with E-state index in [1.54, 1.807) is 19.2 Å². The first-order chi connectivity index (χ1) is 8.56. The van der Waals surface area contributed by atoms with Crippen molar-refractivity contribution in [3.8, 4) is 0 Å². The lowest BCUT2D eigenvalue weighted by Gasteiger charge is -2.03. The van der Waals surface area contributed by atoms with Crippen molar-refractivity contribution in [2.75, 3.05) is 0 Å². The fraction of sp³-hybridized carbons (Fsp3) is 0.286. The number of benzene rings is 1. The zero-order valence-corrected chi connectivity index (χ0v) is 10.5. The second kappa shape index (κ2) is 5.12. The monoisotopic (exact) mass is 246 g/mol. The van der Waals surface area contributed by atoms with Gasteiger partial charge in [0.1, 0.15) is 11.6 Å². The van der Waals surface area contributed by atoms with E-state index in [0.29, 0.717) is 18.4 Å². The molecule has 1 aromatic carbocycles. The topological polar surface area (TPSA) is 34.9 Å². The molecule has 0 saturated heterocycles. The van der Waals surface area contributed by atoms with Crippen LogP contribution in [0, 0.1) is 12.7 Å². The average molecular weight is 246 g/mol. The fourth-order valence-corrected chi connectivity index (χ4v) is 1.90. The lowest BCUT2D eigenvalue weighted by Crippen LogP contribution is -2.05. The van der Waals surface area contributed by atoms with E-state index < -0.39 is 0 Å². The van der Waals surface area contributed by atoms with Gasteiger partial charge in [0, 0.05) is 37.8 Å². The minimum absolute atomic E-state index is 0.0550. The van der Waals surface area contributed by atoms with E-state index in [2.05, 4.69) is 4.98 Å². The number of imidazole rings is 1. The van der Waals surface area contributed by atoms with Crippen molar-refractivity contribution in [3.05, 3.63) is 53.4 Å². The highest BCUT2D eigenvalue weighted by molar-refractivity contribution is 5.96. The van der Waals surface area contributed by atoms with Crippen molar-refractivity contribution >= 4 is 5.78 Å². The molecule has 0 atom stereocenters. The summed E-state index contributed by atoms with van der Waals surface area (Å²) < 4.78 is 15.1. The van der Waals surface area contributed by atoms with Crippen LogP contribution in [-0.2, 0) is 13.5 Å². The summed E-state index contributed by atoms with van der Waals surface area (Å²) in [7, 11) is 1.89. The molecule has 1 aromatic heterocycles. The van der Waals surface area contributed by atoms with Gasteiger partial charge in [-0.2, -0.15) is 0 Å². The molecule has 0 aliphatic carbocycles. The van der Waals surface area contributed by atoms with Crippen molar-refractivity contribution in [3.63, 3.8) is 0 Å². The number of hydrogen-bond donors (Lipinski definition) is 0. The Labute approximate surface area is 105 Å². The maximum absolute atomic E-state index is 13.2. The zero-order chi connectivity index (χ0) is 13.1. The number of nitrogens with zero attached hydrogens (tertiary/aromatic N) is 2. The second-order valence-electron chi connectivity index (χ2n) is 4.39. The summed E-state index contributed by atoms with van der Waals surface area (Å²) in [5.41, 5.74) is 1.19. The van der Waals surface area contributed by atoms with Crippen LogP contribution in [0.5, 0.6) is 0 Å². The van der Waals surface area contributed by atoms with Gasteiger partial charge in [-0.05, 0) is 30.7 Å². The summed E-state index contributed by atoms with van der Waals surface area (Å²) in [5, 5.41) is 0. The third-order valence-corrected chi connectivity index (χ3v) is 2.86. The number of carbonyl (C=O) groups is 1. The van der Waals surface area contributed by atoms with Crippen LogP contribution in [0.4, 0.5) is 4.39 Å². The molecule has 0 radical (unpaired) electrons. The third-order valence-electron chi connectivity index (χ3n) is 2.86. The van der Waals surface area contributed by atoms with Gasteiger partial charge in [0.25, 0.3) is 0 Å². The molecular weight excluding hydrogens is 231 g/mol. The van der Waals surface area contributed by atoms with Gasteiger partial charge in [-0.25, -0.2) is 9.37 Å². The van der Waals surface area contributed by atoms with Gasteiger partial charge < -0.3 is 4.57 Å². The average Bonchev–Trinajstić information content (AvgIpc) is 2.70. The van der Waals surface area contributed by atoms with Gasteiger partial charge >= 0.3 is 0 Å². The number of aromatic nitrogens is 2. The van der Waals surface area contributed by atoms with E-state index in [9.17, 15) is 9.18 Å². The first-order valence-electron chi connectivity index (χ1n) is 5.83. The molecule has 4 heteroatoms. The first kappa shape index (κ1) is 12.5. The molecule has 18 heavy (non-hydrogen) atoms. The molecule has 0 aliphatic rings. The van der Waals surface area contributed by atoms with Crippen LogP contribution in [0.2, 0.25) is 0 Å². The van der Waals surface area contributed by atoms with Crippen molar-refractivity contribution in [2.45, 2.75) is 19.8 Å². The molecule has 0 bridgehead atoms. The van der Waals surface area contributed by atoms with Crippen molar-refractivity contribution in [2.24, 2.45) is 7.05 Å². The number of halogens is 1. The Hall–Kier alpha value is -1.97. The number of aryl methyl sites for hydroxylation is 3. The van der Waals surface area contributed by atoms with Crippen molar-refractivity contribution < 1.29 is 9.18 Å². The predicted molar refractivity (Wildman–Crippen MR) is 67.0 cm³/mol. The lowest BCUT2D eigenvalue weighted by atomic mass is 10.0. The highest BCUT2D eigenvalue weighted by Gasteiger charge is 2.09. The van der Waals surface area contributed by atoms with E-state index in [-0.39, 0.29) is 11.6 Å². The van der Waals surface area contributed by atoms with E-state index >= 15 is 0 Å². The van der Waals surface area contributed by atoms with Crippen molar-refractivity contribution in [1.29, 1.82) is 0 Å². The number of hydrogen-bond acceptors (Lipinski definition) is 2. The summed E-state index contributed by atoms with van der Waals surface area (Å²) in [6.45, 7) is 1.78. The van der Waals surface area contributed by atoms with Crippen LogP contribution in [-0.4, -0.2) is 15.3 Å². The Bertz CT molecular complexity index is 555. The summed E-state index contributed by atoms with van der Waals surface area (Å²) in [6, 6.07) is 4.41. The molecule has 1 heterocycles. The Kier molecular flexibility index (Phi) is 3.55. The second-order valence-corrected chi connectivity index (χ2v) is 4.39. The standard InChI is InChI=1S/C14H15FN2O/c1-10-7-11(9-12(15)8-10)13(18)3-4-14-16-5-6-17(14)2/h5-9H,3-4H2,1-2H3. The molecule has 2 rings (SSSR count). The largest absolute Gasteiger partial charge is 0.338 e. The summed E-state index contributed by atoms with van der Waals surface area (Å²) in [6.07, 6.45) is 4.45. The molecule has 0 amide bonds. The Morgan fingerprint density at radius 2 is 2.17 bits per heavy atom. The van der Waals surface area contributed by atoms with Gasteiger partial charge in [-0.1, -0.05) is 0 Å². The van der Waals surface area contributed by atoms with Crippen LogP contribution in [0.15, 0.2) is 30.6 Å². The Morgan fingerprint density at radius 3 is 2.78 bits per heavy atom. The van der Waals surface area contributed by atoms with Gasteiger partial charge in [0.2, 0.25) is 0 Å². The maximum atomic E-state index is 13.2. The molecule has 0 fully saturated rings. The van der Waals surface area contributed by atoms with Crippen LogP contribution < -0.4 is 0 Å². The molecule has 2 aromatic rings. The van der Waals surface area contributed by atoms with Gasteiger partial charge in [0.15, 0.2) is 5.78 Å². The number of carbonyl (C=O) groups excluding carboxylic acids is 1. The summed E-state index contributed by atoms with van der Waals surface area (Å²) in [4.78, 5) is 16.1. The Balaban J connectivity index is 2.06. The van der Waals surface area contributed by atoms with Crippen LogP contribution >= 0.6 is 0 Å². The number of rotatable bonds is 4. The summed E-state index contributed by atoms with van der Waals surface area (Å²) in [5.74, 6) is 0.437. The van der Waals surface area contributed by atoms with E-state index in [0.717, 1.165) is 11.4 Å². The fourth-order valence-electron chi connectivity index (χ4n) is 1.90. The number of Topliss-reactive ketones (excluding diaryl/α,β-unsaturated/α-hetero) is 1. The van der Waals surface area contributed by atoms with Crippen molar-refractivity contribution in [1.82, 2.24) is 9.55 Å². The molecular formula is C14H15FN2O. The summed E-state index contributed by atoms with van der Waals surface area (Å²) >= 11 is 0. The molecule has 0 aliphatic heterocycles. The van der Waals surface area contributed by atoms with E-state index in [1.807, 2.05) is 17.8 Å². The van der Waals surface area contributed by atoms with Crippen LogP contribution in [0.3, 0.4) is 0 Å². The predicted octanol–water partition coefficient (Wildman–Crippen LogP) is 2.68. The van der Waals surface area contributed by atoms with Crippen LogP contribution in [0.1, 0.15) is 28.2 Å². The van der Waals surface area contributed by atoms with Crippen LogP contribution in [0.25, 0.3) is 0 Å². The SMILES string of the molecule is Cc1cc(F)cc(C(=O)CCc2nccn2C)c1. The first-order valence-corrected chi connectivity index (χ1v) is 5.83. The smallest absolute Gasteiger partial charge is 0.163 e. The minimum Gasteiger partial charge on any atom is -0.338 e. The highest BCUT2D eigenvalue weighted by Crippen LogP contribution is 2.12. The van der Waals surface area contributed by atoms with E-state index in [4.69, 9.17) is 0 Å². The normalized spacial score (nSPS) is 10.6. The molecule has 0 spiro atoms. The minimum atomic E-state index is -0.365. The molecule has 0 saturated carbocycles. The van der Waals surface area contributed by atoms with Gasteiger partial charge in [0.05, 0.1) is 0 Å². The Morgan fingerprint density at radius 1 is 1.39 bits per heavy atom. The molecule has 3 nitrogen and oxygen atoms in total. The van der Waals surface area contributed by atoms with Gasteiger partial charge in [-0.3, -0.25) is 4.79 Å². The van der Waals surface area contributed by atoms with Gasteiger partial charge in [-0.15, -0.1) is 0 Å². The van der Waals surface area contributed by atoms with E-state index in [1.165, 1.54) is 12.1 Å². The molecule has 94 valence electrons. The maximum Gasteiger partial charge on any atom is 0.163 e. The lowest BCUT2D eigenvalue weighted by molar-refractivity contribution is 0.0981. The highest BCUT2D eigenvalue weighted by atomic mass is 19.1. The molecule has 0 unspecified atom stereocenters. The quantitative estimate of drug-likeness (QED) is 0.777. The number of ketones is 1. The third kappa shape index (κ3) is 2.83. The molecule has 0 N–H and O–H groups in total.